The van der Waals surface area contributed by atoms with Crippen LogP contribution in [0.15, 0.2) is 53.7 Å². The zero-order valence-corrected chi connectivity index (χ0v) is 18.8. The Labute approximate surface area is 185 Å². The number of piperidine rings is 1. The molecule has 0 aliphatic carbocycles. The lowest BCUT2D eigenvalue weighted by Crippen LogP contribution is -2.41. The molecule has 2 aliphatic heterocycles. The van der Waals surface area contributed by atoms with E-state index in [2.05, 4.69) is 28.3 Å². The number of fused-ring (bicyclic) bond motifs is 3. The van der Waals surface area contributed by atoms with Crippen LogP contribution in [0.3, 0.4) is 0 Å². The van der Waals surface area contributed by atoms with Crippen LogP contribution in [0.1, 0.15) is 26.7 Å². The molecule has 0 amide bonds. The van der Waals surface area contributed by atoms with E-state index in [1.54, 1.807) is 6.20 Å². The molecule has 0 saturated carbocycles. The van der Waals surface area contributed by atoms with E-state index < -0.39 is 10.8 Å². The highest BCUT2D eigenvalue weighted by atomic mass is 32.2. The van der Waals surface area contributed by atoms with Crippen LogP contribution in [0.5, 0.6) is 5.75 Å². The zero-order chi connectivity index (χ0) is 21.4. The van der Waals surface area contributed by atoms with Crippen molar-refractivity contribution in [1.29, 1.82) is 0 Å². The maximum atomic E-state index is 13.4. The quantitative estimate of drug-likeness (QED) is 0.619. The van der Waals surface area contributed by atoms with Crippen LogP contribution in [-0.4, -0.2) is 54.6 Å². The average molecular weight is 437 g/mol. The lowest BCUT2D eigenvalue weighted by Gasteiger charge is -2.34. The molecule has 2 aliphatic rings. The van der Waals surface area contributed by atoms with Crippen molar-refractivity contribution < 1.29 is 8.95 Å². The van der Waals surface area contributed by atoms with E-state index in [0.29, 0.717) is 12.6 Å². The first-order valence-electron chi connectivity index (χ1n) is 11.0. The SMILES string of the molecule is CC(C)N1CCC(S(=O)c2ccc3c(c2)-c2nc(-c4ccccn4)cn2CCO3)CC1. The molecular formula is C24H28N4O2S. The predicted octanol–water partition coefficient (Wildman–Crippen LogP) is 3.98. The van der Waals surface area contributed by atoms with Crippen LogP contribution in [-0.2, 0) is 17.3 Å². The second-order valence-corrected chi connectivity index (χ2v) is 10.2. The van der Waals surface area contributed by atoms with Gasteiger partial charge in [-0.15, -0.1) is 0 Å². The Morgan fingerprint density at radius 3 is 2.68 bits per heavy atom. The summed E-state index contributed by atoms with van der Waals surface area (Å²) in [6, 6.07) is 12.3. The summed E-state index contributed by atoms with van der Waals surface area (Å²) >= 11 is 0. The lowest BCUT2D eigenvalue weighted by molar-refractivity contribution is 0.187. The number of aromatic nitrogens is 3. The van der Waals surface area contributed by atoms with Gasteiger partial charge in [-0.2, -0.15) is 0 Å². The summed E-state index contributed by atoms with van der Waals surface area (Å²) in [5.41, 5.74) is 2.60. The zero-order valence-electron chi connectivity index (χ0n) is 18.0. The Balaban J connectivity index is 1.45. The first-order chi connectivity index (χ1) is 15.1. The second kappa shape index (κ2) is 8.55. The highest BCUT2D eigenvalue weighted by Gasteiger charge is 2.27. The molecule has 1 saturated heterocycles. The average Bonchev–Trinajstić information content (AvgIpc) is 3.16. The summed E-state index contributed by atoms with van der Waals surface area (Å²) in [5.74, 6) is 1.65. The molecular weight excluding hydrogens is 408 g/mol. The van der Waals surface area contributed by atoms with E-state index in [0.717, 1.165) is 65.9 Å². The third-order valence-electron chi connectivity index (χ3n) is 6.23. The Morgan fingerprint density at radius 2 is 1.94 bits per heavy atom. The molecule has 0 N–H and O–H groups in total. The maximum Gasteiger partial charge on any atom is 0.144 e. The van der Waals surface area contributed by atoms with E-state index in [9.17, 15) is 4.21 Å². The number of hydrogen-bond acceptors (Lipinski definition) is 5. The Kier molecular flexibility index (Phi) is 5.63. The monoisotopic (exact) mass is 436 g/mol. The van der Waals surface area contributed by atoms with Gasteiger partial charge in [-0.3, -0.25) is 9.19 Å². The Hall–Kier alpha value is -2.51. The number of benzene rings is 1. The molecule has 1 unspecified atom stereocenters. The van der Waals surface area contributed by atoms with Crippen molar-refractivity contribution in [1.82, 2.24) is 19.4 Å². The lowest BCUT2D eigenvalue weighted by atomic mass is 10.1. The van der Waals surface area contributed by atoms with Crippen LogP contribution in [0.25, 0.3) is 22.8 Å². The predicted molar refractivity (Wildman–Crippen MR) is 123 cm³/mol. The minimum atomic E-state index is -1.04. The smallest absolute Gasteiger partial charge is 0.144 e. The van der Waals surface area contributed by atoms with Crippen molar-refractivity contribution in [3.05, 3.63) is 48.8 Å². The van der Waals surface area contributed by atoms with Gasteiger partial charge in [0.05, 0.1) is 28.6 Å². The standard InChI is InChI=1S/C24H28N4O2S/c1-17(2)27-11-8-18(9-12-27)31(29)19-6-7-23-20(15-19)24-26-22(16-28(24)13-14-30-23)21-5-3-4-10-25-21/h3-7,10,15-18H,8-9,11-14H2,1-2H3. The number of likely N-dealkylation sites (tertiary alicyclic amines) is 1. The molecule has 0 bridgehead atoms. The summed E-state index contributed by atoms with van der Waals surface area (Å²) in [4.78, 5) is 12.6. The molecule has 4 heterocycles. The molecule has 1 atom stereocenters. The van der Waals surface area contributed by atoms with Crippen LogP contribution < -0.4 is 4.74 Å². The second-order valence-electron chi connectivity index (χ2n) is 8.49. The van der Waals surface area contributed by atoms with Gasteiger partial charge in [-0.05, 0) is 70.1 Å². The number of nitrogens with zero attached hydrogens (tertiary/aromatic N) is 4. The Morgan fingerprint density at radius 1 is 1.10 bits per heavy atom. The van der Waals surface area contributed by atoms with Gasteiger partial charge < -0.3 is 14.2 Å². The van der Waals surface area contributed by atoms with Crippen molar-refractivity contribution >= 4 is 10.8 Å². The molecule has 31 heavy (non-hydrogen) atoms. The number of pyridine rings is 1. The third kappa shape index (κ3) is 4.04. The largest absolute Gasteiger partial charge is 0.491 e. The normalized spacial score (nSPS) is 18.2. The van der Waals surface area contributed by atoms with Crippen molar-refractivity contribution in [3.63, 3.8) is 0 Å². The molecule has 3 aromatic rings. The Bertz CT molecular complexity index is 1090. The van der Waals surface area contributed by atoms with Gasteiger partial charge in [-0.25, -0.2) is 4.98 Å². The minimum absolute atomic E-state index is 0.198. The van der Waals surface area contributed by atoms with Crippen LogP contribution in [0.4, 0.5) is 0 Å². The highest BCUT2D eigenvalue weighted by Crippen LogP contribution is 2.36. The molecule has 1 aromatic carbocycles. The van der Waals surface area contributed by atoms with Crippen LogP contribution in [0, 0.1) is 0 Å². The molecule has 2 aromatic heterocycles. The maximum absolute atomic E-state index is 13.4. The van der Waals surface area contributed by atoms with Crippen molar-refractivity contribution in [2.24, 2.45) is 0 Å². The minimum Gasteiger partial charge on any atom is -0.491 e. The summed E-state index contributed by atoms with van der Waals surface area (Å²) < 4.78 is 21.5. The first-order valence-corrected chi connectivity index (χ1v) is 12.2. The third-order valence-corrected chi connectivity index (χ3v) is 8.02. The van der Waals surface area contributed by atoms with Gasteiger partial charge in [0.25, 0.3) is 0 Å². The number of rotatable bonds is 4. The molecule has 0 spiro atoms. The summed E-state index contributed by atoms with van der Waals surface area (Å²) in [6.07, 6.45) is 5.75. The highest BCUT2D eigenvalue weighted by molar-refractivity contribution is 7.85. The van der Waals surface area contributed by atoms with E-state index >= 15 is 0 Å². The van der Waals surface area contributed by atoms with Gasteiger partial charge in [0.1, 0.15) is 23.9 Å². The van der Waals surface area contributed by atoms with Gasteiger partial charge >= 0.3 is 0 Å². The van der Waals surface area contributed by atoms with E-state index in [-0.39, 0.29) is 5.25 Å². The van der Waals surface area contributed by atoms with Gasteiger partial charge in [0.15, 0.2) is 0 Å². The van der Waals surface area contributed by atoms with Gasteiger partial charge in [0.2, 0.25) is 0 Å². The fourth-order valence-electron chi connectivity index (χ4n) is 4.43. The van der Waals surface area contributed by atoms with Gasteiger partial charge in [-0.1, -0.05) is 6.07 Å². The molecule has 1 fully saturated rings. The molecule has 162 valence electrons. The molecule has 5 rings (SSSR count). The van der Waals surface area contributed by atoms with Gasteiger partial charge in [0, 0.05) is 28.6 Å². The van der Waals surface area contributed by atoms with E-state index in [1.165, 1.54) is 0 Å². The van der Waals surface area contributed by atoms with E-state index in [4.69, 9.17) is 9.72 Å². The number of hydrogen-bond donors (Lipinski definition) is 0. The number of ether oxygens (including phenoxy) is 1. The fourth-order valence-corrected chi connectivity index (χ4v) is 5.89. The van der Waals surface area contributed by atoms with Crippen LogP contribution >= 0.6 is 0 Å². The fraction of sp³-hybridized carbons (Fsp3) is 0.417. The topological polar surface area (TPSA) is 60.2 Å². The summed E-state index contributed by atoms with van der Waals surface area (Å²) in [6.45, 7) is 7.78. The molecule has 7 heteroatoms. The summed E-state index contributed by atoms with van der Waals surface area (Å²) in [7, 11) is -1.04. The molecule has 6 nitrogen and oxygen atoms in total. The van der Waals surface area contributed by atoms with Crippen molar-refractivity contribution in [3.8, 4) is 28.5 Å². The van der Waals surface area contributed by atoms with Crippen molar-refractivity contribution in [2.45, 2.75) is 49.4 Å². The molecule has 0 radical (unpaired) electrons. The van der Waals surface area contributed by atoms with E-state index in [1.807, 2.05) is 42.6 Å². The first kappa shape index (κ1) is 20.4. The van der Waals surface area contributed by atoms with Crippen molar-refractivity contribution in [2.75, 3.05) is 19.7 Å². The summed E-state index contributed by atoms with van der Waals surface area (Å²) in [5, 5.41) is 0.198. The number of imidazole rings is 1. The van der Waals surface area contributed by atoms with Crippen LogP contribution in [0.2, 0.25) is 0 Å².